The third-order valence-corrected chi connectivity index (χ3v) is 5.36. The summed E-state index contributed by atoms with van der Waals surface area (Å²) in [6.07, 6.45) is 1.31. The van der Waals surface area contributed by atoms with Gasteiger partial charge in [0.2, 0.25) is 0 Å². The van der Waals surface area contributed by atoms with Gasteiger partial charge in [-0.1, -0.05) is 24.3 Å². The number of carbonyl (C=O) groups is 3. The number of anilines is 1. The van der Waals surface area contributed by atoms with Gasteiger partial charge in [-0.2, -0.15) is 0 Å². The predicted octanol–water partition coefficient (Wildman–Crippen LogP) is 2.46. The van der Waals surface area contributed by atoms with Crippen LogP contribution in [0.25, 0.3) is 17.4 Å². The average molecular weight is 461 g/mol. The largest absolute Gasteiger partial charge is 0.545 e. The minimum absolute atomic E-state index is 0.00898. The van der Waals surface area contributed by atoms with Gasteiger partial charge in [-0.3, -0.25) is 14.9 Å². The summed E-state index contributed by atoms with van der Waals surface area (Å²) in [7, 11) is 1.47. The molecule has 0 bridgehead atoms. The molecule has 2 amide bonds. The van der Waals surface area contributed by atoms with Crippen LogP contribution in [0.2, 0.25) is 0 Å². The van der Waals surface area contributed by atoms with E-state index in [0.29, 0.717) is 22.8 Å². The number of nitrogens with zero attached hydrogens (tertiary/aromatic N) is 1. The lowest BCUT2D eigenvalue weighted by Crippen LogP contribution is -2.54. The number of methoxy groups -OCH3 is 1. The van der Waals surface area contributed by atoms with Crippen molar-refractivity contribution >= 4 is 46.9 Å². The average Bonchev–Trinajstić information content (AvgIpc) is 3.25. The summed E-state index contributed by atoms with van der Waals surface area (Å²) in [5.41, 5.74) is 1.55. The van der Waals surface area contributed by atoms with Crippen LogP contribution in [-0.2, 0) is 9.59 Å². The molecule has 0 saturated carbocycles. The molecule has 0 aliphatic carbocycles. The van der Waals surface area contributed by atoms with Gasteiger partial charge in [0, 0.05) is 5.56 Å². The second kappa shape index (κ2) is 8.71. The quantitative estimate of drug-likeness (QED) is 0.353. The van der Waals surface area contributed by atoms with E-state index in [1.54, 1.807) is 49.4 Å². The number of carboxylic acid groups (broad SMARTS) is 1. The maximum atomic E-state index is 13.2. The SMILES string of the molecule is COc1ccccc1N1C(=O)/C(=C\c2ccc(-c3cc(C(=O)[O-])ccc3C)o2)C(=O)NC1=S. The van der Waals surface area contributed by atoms with E-state index in [-0.39, 0.29) is 22.0 Å². The van der Waals surface area contributed by atoms with Crippen molar-refractivity contribution in [2.45, 2.75) is 6.92 Å². The van der Waals surface area contributed by atoms with Crippen molar-refractivity contribution in [3.05, 3.63) is 77.1 Å². The topological polar surface area (TPSA) is 112 Å². The number of thiocarbonyl (C=S) groups is 1. The molecule has 1 saturated heterocycles. The maximum Gasteiger partial charge on any atom is 0.270 e. The molecule has 4 rings (SSSR count). The van der Waals surface area contributed by atoms with Crippen LogP contribution < -0.4 is 20.1 Å². The lowest BCUT2D eigenvalue weighted by atomic mass is 10.0. The Morgan fingerprint density at radius 2 is 1.91 bits per heavy atom. The first kappa shape index (κ1) is 22.0. The molecule has 33 heavy (non-hydrogen) atoms. The molecule has 0 atom stereocenters. The second-order valence-electron chi connectivity index (χ2n) is 7.15. The minimum Gasteiger partial charge on any atom is -0.545 e. The molecule has 1 fully saturated rings. The van der Waals surface area contributed by atoms with Crippen molar-refractivity contribution in [2.75, 3.05) is 12.0 Å². The summed E-state index contributed by atoms with van der Waals surface area (Å²) in [6, 6.07) is 14.5. The number of amides is 2. The smallest absolute Gasteiger partial charge is 0.270 e. The number of ether oxygens (including phenoxy) is 1. The van der Waals surface area contributed by atoms with Crippen LogP contribution in [0.4, 0.5) is 5.69 Å². The molecule has 3 aromatic rings. The summed E-state index contributed by atoms with van der Waals surface area (Å²) in [5, 5.41) is 13.6. The highest BCUT2D eigenvalue weighted by atomic mass is 32.1. The number of carbonyl (C=O) groups excluding carboxylic acids is 3. The van der Waals surface area contributed by atoms with Crippen LogP contribution in [0.3, 0.4) is 0 Å². The summed E-state index contributed by atoms with van der Waals surface area (Å²) in [4.78, 5) is 38.1. The highest BCUT2D eigenvalue weighted by Crippen LogP contribution is 2.32. The highest BCUT2D eigenvalue weighted by molar-refractivity contribution is 7.80. The number of aromatic carboxylic acids is 1. The summed E-state index contributed by atoms with van der Waals surface area (Å²) < 4.78 is 11.1. The molecule has 2 aromatic carbocycles. The number of hydrogen-bond acceptors (Lipinski definition) is 7. The van der Waals surface area contributed by atoms with Crippen LogP contribution in [-0.4, -0.2) is 30.0 Å². The Morgan fingerprint density at radius 1 is 1.15 bits per heavy atom. The van der Waals surface area contributed by atoms with Gasteiger partial charge in [0.15, 0.2) is 5.11 Å². The van der Waals surface area contributed by atoms with E-state index in [4.69, 9.17) is 21.4 Å². The molecule has 8 nitrogen and oxygen atoms in total. The summed E-state index contributed by atoms with van der Waals surface area (Å²) in [5.74, 6) is -1.59. The third-order valence-electron chi connectivity index (χ3n) is 5.08. The molecule has 1 aliphatic rings. The van der Waals surface area contributed by atoms with E-state index < -0.39 is 17.8 Å². The number of benzene rings is 2. The van der Waals surface area contributed by atoms with Gasteiger partial charge in [-0.15, -0.1) is 0 Å². The standard InChI is InChI=1S/C24H18N2O6S/c1-13-7-8-14(23(29)30)11-16(13)19-10-9-15(32-19)12-17-21(27)25-24(33)26(22(17)28)18-5-3-4-6-20(18)31-2/h3-12H,1-2H3,(H,29,30)(H,25,27,33)/p-1/b17-12-. The van der Waals surface area contributed by atoms with Crippen molar-refractivity contribution in [3.63, 3.8) is 0 Å². The molecule has 1 N–H and O–H groups in total. The molecular formula is C24H17N2O6S-. The molecule has 2 heterocycles. The third kappa shape index (κ3) is 4.13. The first-order valence-corrected chi connectivity index (χ1v) is 10.2. The van der Waals surface area contributed by atoms with Gasteiger partial charge >= 0.3 is 0 Å². The Kier molecular flexibility index (Phi) is 5.80. The minimum atomic E-state index is -1.30. The fourth-order valence-corrected chi connectivity index (χ4v) is 3.70. The Morgan fingerprint density at radius 3 is 2.64 bits per heavy atom. The van der Waals surface area contributed by atoms with E-state index in [0.717, 1.165) is 5.56 Å². The van der Waals surface area contributed by atoms with Gasteiger partial charge in [0.1, 0.15) is 22.8 Å². The summed E-state index contributed by atoms with van der Waals surface area (Å²) in [6.45, 7) is 1.80. The van der Waals surface area contributed by atoms with Gasteiger partial charge in [0.25, 0.3) is 11.8 Å². The van der Waals surface area contributed by atoms with E-state index >= 15 is 0 Å². The molecule has 0 spiro atoms. The van der Waals surface area contributed by atoms with Crippen molar-refractivity contribution in [2.24, 2.45) is 0 Å². The van der Waals surface area contributed by atoms with Crippen molar-refractivity contribution in [3.8, 4) is 17.1 Å². The molecule has 1 aromatic heterocycles. The van der Waals surface area contributed by atoms with E-state index in [2.05, 4.69) is 5.32 Å². The maximum absolute atomic E-state index is 13.2. The summed E-state index contributed by atoms with van der Waals surface area (Å²) >= 11 is 5.22. The predicted molar refractivity (Wildman–Crippen MR) is 122 cm³/mol. The second-order valence-corrected chi connectivity index (χ2v) is 7.54. The molecule has 166 valence electrons. The highest BCUT2D eigenvalue weighted by Gasteiger charge is 2.36. The number of rotatable bonds is 5. The normalized spacial score (nSPS) is 15.0. The van der Waals surface area contributed by atoms with E-state index in [1.165, 1.54) is 30.2 Å². The van der Waals surface area contributed by atoms with Gasteiger partial charge in [-0.05, 0) is 66.7 Å². The molecular weight excluding hydrogens is 444 g/mol. The number of para-hydroxylation sites is 2. The lowest BCUT2D eigenvalue weighted by molar-refractivity contribution is -0.255. The van der Waals surface area contributed by atoms with Gasteiger partial charge in [-0.25, -0.2) is 4.90 Å². The Labute approximate surface area is 194 Å². The lowest BCUT2D eigenvalue weighted by Gasteiger charge is -2.29. The van der Waals surface area contributed by atoms with E-state index in [1.807, 2.05) is 0 Å². The monoisotopic (exact) mass is 461 g/mol. The van der Waals surface area contributed by atoms with Crippen LogP contribution in [0.5, 0.6) is 5.75 Å². The molecule has 0 radical (unpaired) electrons. The number of hydrogen-bond donors (Lipinski definition) is 1. The van der Waals surface area contributed by atoms with Crippen LogP contribution >= 0.6 is 12.2 Å². The Hall–Kier alpha value is -4.24. The zero-order chi connectivity index (χ0) is 23.7. The Bertz CT molecular complexity index is 1340. The van der Waals surface area contributed by atoms with Crippen molar-refractivity contribution in [1.82, 2.24) is 5.32 Å². The van der Waals surface area contributed by atoms with E-state index in [9.17, 15) is 19.5 Å². The Balaban J connectivity index is 1.71. The zero-order valence-electron chi connectivity index (χ0n) is 17.6. The molecule has 0 unspecified atom stereocenters. The van der Waals surface area contributed by atoms with Crippen LogP contribution in [0, 0.1) is 6.92 Å². The number of aryl methyl sites for hydroxylation is 1. The number of carboxylic acids is 1. The van der Waals surface area contributed by atoms with Gasteiger partial charge in [0.05, 0.1) is 18.8 Å². The number of furan rings is 1. The van der Waals surface area contributed by atoms with Crippen LogP contribution in [0.1, 0.15) is 21.7 Å². The first-order valence-electron chi connectivity index (χ1n) is 9.77. The number of nitrogens with one attached hydrogen (secondary N) is 1. The van der Waals surface area contributed by atoms with Crippen molar-refractivity contribution in [1.29, 1.82) is 0 Å². The first-order chi connectivity index (χ1) is 15.8. The fraction of sp³-hybridized carbons (Fsp3) is 0.0833. The van der Waals surface area contributed by atoms with Gasteiger partial charge < -0.3 is 19.1 Å². The molecule has 9 heteroatoms. The zero-order valence-corrected chi connectivity index (χ0v) is 18.4. The van der Waals surface area contributed by atoms with Crippen LogP contribution in [0.15, 0.2) is 64.6 Å². The van der Waals surface area contributed by atoms with Crippen molar-refractivity contribution < 1.29 is 28.6 Å². The molecule has 1 aliphatic heterocycles. The fourth-order valence-electron chi connectivity index (χ4n) is 3.42.